The Morgan fingerprint density at radius 1 is 0.295 bits per heavy atom. The van der Waals surface area contributed by atoms with E-state index in [0.717, 1.165) is 129 Å². The van der Waals surface area contributed by atoms with E-state index in [2.05, 4.69) is 168 Å². The molecule has 5 nitrogen and oxygen atoms in total. The van der Waals surface area contributed by atoms with E-state index in [1.807, 2.05) is 24.3 Å². The van der Waals surface area contributed by atoms with Crippen LogP contribution in [0.25, 0.3) is 49.7 Å². The Bertz CT molecular complexity index is 3280. The van der Waals surface area contributed by atoms with E-state index in [0.29, 0.717) is 0 Å². The second-order valence-corrected chi connectivity index (χ2v) is 16.3. The Labute approximate surface area is 352 Å². The average Bonchev–Trinajstić information content (AvgIpc) is 3.62. The molecule has 1 aromatic heterocycles. The van der Waals surface area contributed by atoms with Crippen LogP contribution < -0.4 is 51.7 Å². The Morgan fingerprint density at radius 2 is 0.689 bits per heavy atom. The number of nitrogens with zero attached hydrogens (tertiary/aromatic N) is 1. The highest BCUT2D eigenvalue weighted by molar-refractivity contribution is 6.99. The van der Waals surface area contributed by atoms with E-state index >= 15 is 0 Å². The standard InChI is InChI=1S/C54H31B2NO4/c1-4-12-32(13-5-1)34-22-24-39-49(26-34)58-45-18-10-20-47-53(45)55(39)41-28-37-38-29-42-52(31-44(38)57(36-16-8-3-9-17-36)43(37)30-51(41)60-47)61-48-21-11-19-46-54(48)56(42)40-25-23-35(27-50(40)59-46)33-14-6-2-7-15-33/h1-31H. The van der Waals surface area contributed by atoms with Crippen molar-refractivity contribution in [2.24, 2.45) is 0 Å². The molecule has 7 heteroatoms. The zero-order valence-electron chi connectivity index (χ0n) is 32.6. The molecule has 0 amide bonds. The lowest BCUT2D eigenvalue weighted by molar-refractivity contribution is 0.464. The monoisotopic (exact) mass is 779 g/mol. The number of ether oxygens (including phenoxy) is 4. The smallest absolute Gasteiger partial charge is 0.260 e. The predicted octanol–water partition coefficient (Wildman–Crippen LogP) is 9.57. The lowest BCUT2D eigenvalue weighted by Gasteiger charge is -2.33. The minimum Gasteiger partial charge on any atom is -0.458 e. The van der Waals surface area contributed by atoms with E-state index in [1.54, 1.807) is 0 Å². The van der Waals surface area contributed by atoms with Gasteiger partial charge < -0.3 is 23.5 Å². The first-order valence-corrected chi connectivity index (χ1v) is 20.8. The van der Waals surface area contributed by atoms with Crippen molar-refractivity contribution >= 4 is 68.0 Å². The van der Waals surface area contributed by atoms with Gasteiger partial charge in [0.25, 0.3) is 13.4 Å². The van der Waals surface area contributed by atoms with Gasteiger partial charge in [-0.05, 0) is 92.6 Å². The molecule has 14 rings (SSSR count). The fourth-order valence-electron chi connectivity index (χ4n) is 10.3. The Hall–Kier alpha value is -7.89. The van der Waals surface area contributed by atoms with Gasteiger partial charge in [-0.15, -0.1) is 0 Å². The van der Waals surface area contributed by atoms with Crippen LogP contribution in [0.3, 0.4) is 0 Å². The van der Waals surface area contributed by atoms with E-state index in [-0.39, 0.29) is 13.4 Å². The number of hydrogen-bond acceptors (Lipinski definition) is 4. The SMILES string of the molecule is c1ccc(-c2ccc3c(c2)Oc2cccc4c2B3c2cc3c5cc6c(cc5n(-c5ccccc5)c3cc2O4)Oc2cccc3c2B6c2ccc(-c4ccccc4)cc2O3)cc1. The van der Waals surface area contributed by atoms with E-state index in [1.165, 1.54) is 0 Å². The Kier molecular flexibility index (Phi) is 6.66. The predicted molar refractivity (Wildman–Crippen MR) is 247 cm³/mol. The highest BCUT2D eigenvalue weighted by Crippen LogP contribution is 2.42. The van der Waals surface area contributed by atoms with Crippen LogP contribution in [0, 0.1) is 0 Å². The van der Waals surface area contributed by atoms with Gasteiger partial charge in [0.05, 0.1) is 11.0 Å². The molecule has 0 radical (unpaired) electrons. The van der Waals surface area contributed by atoms with Gasteiger partial charge >= 0.3 is 0 Å². The number of benzene rings is 9. The van der Waals surface area contributed by atoms with Gasteiger partial charge in [-0.25, -0.2) is 0 Å². The van der Waals surface area contributed by atoms with Crippen LogP contribution in [0.5, 0.6) is 46.0 Å². The second-order valence-electron chi connectivity index (χ2n) is 16.3. The minimum atomic E-state index is -0.0837. The summed E-state index contributed by atoms with van der Waals surface area (Å²) in [6.45, 7) is -0.167. The van der Waals surface area contributed by atoms with Crippen molar-refractivity contribution in [1.82, 2.24) is 4.57 Å². The third-order valence-corrected chi connectivity index (χ3v) is 13.0. The highest BCUT2D eigenvalue weighted by Gasteiger charge is 2.43. The molecule has 0 atom stereocenters. The summed E-state index contributed by atoms with van der Waals surface area (Å²) in [5, 5.41) is 2.29. The van der Waals surface area contributed by atoms with Gasteiger partial charge in [-0.3, -0.25) is 0 Å². The van der Waals surface area contributed by atoms with Crippen molar-refractivity contribution in [2.75, 3.05) is 0 Å². The van der Waals surface area contributed by atoms with E-state index < -0.39 is 0 Å². The maximum Gasteiger partial charge on any atom is 0.260 e. The molecule has 0 saturated carbocycles. The first-order chi connectivity index (χ1) is 30.2. The average molecular weight is 779 g/mol. The summed E-state index contributed by atoms with van der Waals surface area (Å²) in [6.07, 6.45) is 0. The van der Waals surface area contributed by atoms with Gasteiger partial charge in [-0.2, -0.15) is 0 Å². The van der Waals surface area contributed by atoms with Crippen LogP contribution in [0.15, 0.2) is 188 Å². The van der Waals surface area contributed by atoms with Crippen LogP contribution >= 0.6 is 0 Å². The third kappa shape index (κ3) is 4.74. The van der Waals surface area contributed by atoms with Gasteiger partial charge in [0.1, 0.15) is 46.0 Å². The Balaban J connectivity index is 1.01. The number of para-hydroxylation sites is 1. The second kappa shape index (κ2) is 12.3. The molecule has 0 saturated heterocycles. The first-order valence-electron chi connectivity index (χ1n) is 20.8. The van der Waals surface area contributed by atoms with Crippen LogP contribution in [-0.2, 0) is 0 Å². The highest BCUT2D eigenvalue weighted by atomic mass is 16.5. The van der Waals surface area contributed by atoms with Crippen molar-refractivity contribution in [3.63, 3.8) is 0 Å². The molecule has 4 aliphatic heterocycles. The fourth-order valence-corrected chi connectivity index (χ4v) is 10.3. The molecular weight excluding hydrogens is 748 g/mol. The van der Waals surface area contributed by atoms with Crippen LogP contribution in [-0.4, -0.2) is 18.0 Å². The molecule has 0 spiro atoms. The van der Waals surface area contributed by atoms with Crippen LogP contribution in [0.4, 0.5) is 0 Å². The molecule has 4 aliphatic rings. The van der Waals surface area contributed by atoms with E-state index in [9.17, 15) is 0 Å². The number of aromatic nitrogens is 1. The molecule has 5 heterocycles. The minimum absolute atomic E-state index is 0.0837. The topological polar surface area (TPSA) is 41.9 Å². The number of fused-ring (bicyclic) bond motifs is 11. The normalized spacial score (nSPS) is 13.4. The summed E-state index contributed by atoms with van der Waals surface area (Å²) >= 11 is 0. The molecule has 0 unspecified atom stereocenters. The Morgan fingerprint density at radius 3 is 1.11 bits per heavy atom. The summed E-state index contributed by atoms with van der Waals surface area (Å²) < 4.78 is 29.5. The molecule has 282 valence electrons. The fraction of sp³-hybridized carbons (Fsp3) is 0. The van der Waals surface area contributed by atoms with Crippen molar-refractivity contribution in [1.29, 1.82) is 0 Å². The molecular formula is C54H31B2NO4. The summed E-state index contributed by atoms with van der Waals surface area (Å²) in [4.78, 5) is 0. The molecule has 0 aliphatic carbocycles. The van der Waals surface area contributed by atoms with Gasteiger partial charge in [-0.1, -0.05) is 127 Å². The van der Waals surface area contributed by atoms with Crippen molar-refractivity contribution < 1.29 is 18.9 Å². The third-order valence-electron chi connectivity index (χ3n) is 13.0. The lowest BCUT2D eigenvalue weighted by atomic mass is 9.34. The van der Waals surface area contributed by atoms with Crippen molar-refractivity contribution in [2.45, 2.75) is 0 Å². The van der Waals surface area contributed by atoms with Crippen molar-refractivity contribution in [3.8, 4) is 73.9 Å². The van der Waals surface area contributed by atoms with Crippen LogP contribution in [0.1, 0.15) is 0 Å². The number of rotatable bonds is 3. The maximum atomic E-state index is 6.87. The van der Waals surface area contributed by atoms with Gasteiger partial charge in [0.2, 0.25) is 0 Å². The summed E-state index contributed by atoms with van der Waals surface area (Å²) in [5.74, 6) is 6.70. The first kappa shape index (κ1) is 33.0. The van der Waals surface area contributed by atoms with Crippen LogP contribution in [0.2, 0.25) is 0 Å². The zero-order chi connectivity index (χ0) is 39.8. The summed E-state index contributed by atoms with van der Waals surface area (Å²) in [6, 6.07) is 66.3. The number of hydrogen-bond donors (Lipinski definition) is 0. The summed E-state index contributed by atoms with van der Waals surface area (Å²) in [7, 11) is 0. The van der Waals surface area contributed by atoms with Gasteiger partial charge in [0, 0.05) is 39.5 Å². The van der Waals surface area contributed by atoms with Crippen molar-refractivity contribution in [3.05, 3.63) is 188 Å². The largest absolute Gasteiger partial charge is 0.458 e. The summed E-state index contributed by atoms with van der Waals surface area (Å²) in [5.41, 5.74) is 14.3. The maximum absolute atomic E-state index is 6.87. The molecule has 0 bridgehead atoms. The quantitative estimate of drug-likeness (QED) is 0.168. The van der Waals surface area contributed by atoms with E-state index in [4.69, 9.17) is 18.9 Å². The molecule has 61 heavy (non-hydrogen) atoms. The molecule has 9 aromatic carbocycles. The zero-order valence-corrected chi connectivity index (χ0v) is 32.6. The molecule has 0 N–H and O–H groups in total. The molecule has 0 fully saturated rings. The lowest BCUT2D eigenvalue weighted by Crippen LogP contribution is -2.57. The van der Waals surface area contributed by atoms with Gasteiger partial charge in [0.15, 0.2) is 0 Å². The molecule has 10 aromatic rings.